The molecule has 1 heterocycles. The molecular weight excluding hydrogens is 250 g/mol. The molecule has 2 rings (SSSR count). The van der Waals surface area contributed by atoms with Crippen LogP contribution in [0.1, 0.15) is 29.3 Å². The zero-order valence-electron chi connectivity index (χ0n) is 10.7. The van der Waals surface area contributed by atoms with Crippen molar-refractivity contribution in [2.75, 3.05) is 13.1 Å². The summed E-state index contributed by atoms with van der Waals surface area (Å²) in [6, 6.07) is 5.14. The number of phenolic OH excluding ortho intramolecular Hbond substituents is 1. The van der Waals surface area contributed by atoms with E-state index in [-0.39, 0.29) is 23.0 Å². The number of rotatable bonds is 1. The summed E-state index contributed by atoms with van der Waals surface area (Å²) >= 11 is 6.15. The van der Waals surface area contributed by atoms with E-state index in [4.69, 9.17) is 11.6 Å². The third-order valence-electron chi connectivity index (χ3n) is 3.47. The van der Waals surface area contributed by atoms with Gasteiger partial charge in [0.25, 0.3) is 5.91 Å². The third kappa shape index (κ3) is 2.61. The molecule has 1 aliphatic rings. The summed E-state index contributed by atoms with van der Waals surface area (Å²) in [5.41, 5.74) is 1.32. The molecule has 0 radical (unpaired) electrons. The summed E-state index contributed by atoms with van der Waals surface area (Å²) in [5, 5.41) is 9.98. The number of nitrogens with zero attached hydrogens (tertiary/aromatic N) is 1. The molecule has 0 bridgehead atoms. The van der Waals surface area contributed by atoms with Gasteiger partial charge in [0, 0.05) is 18.5 Å². The predicted octanol–water partition coefficient (Wildman–Crippen LogP) is 2.79. The summed E-state index contributed by atoms with van der Waals surface area (Å²) in [6.07, 6.45) is 0.807. The third-order valence-corrected chi connectivity index (χ3v) is 4.12. The molecule has 0 aliphatic carbocycles. The molecule has 1 aromatic rings. The predicted molar refractivity (Wildman–Crippen MR) is 72.2 cm³/mol. The number of aromatic hydroxyl groups is 1. The number of hydrogen-bond acceptors (Lipinski definition) is 2. The Hall–Kier alpha value is -1.22. The summed E-state index contributed by atoms with van der Waals surface area (Å²) in [5.74, 6) is 0.237. The number of amides is 1. The number of benzene rings is 1. The van der Waals surface area contributed by atoms with Crippen molar-refractivity contribution in [1.29, 1.82) is 0 Å². The molecule has 1 N–H and O–H groups in total. The van der Waals surface area contributed by atoms with E-state index in [1.54, 1.807) is 17.0 Å². The van der Waals surface area contributed by atoms with Crippen LogP contribution >= 0.6 is 11.6 Å². The van der Waals surface area contributed by atoms with Crippen LogP contribution in [0.5, 0.6) is 5.75 Å². The van der Waals surface area contributed by atoms with E-state index in [9.17, 15) is 9.90 Å². The number of piperidine rings is 1. The SMILES string of the molecule is Cc1ccc(C(=O)N2CCC(Cl)C(C)C2)c(O)c1. The Balaban J connectivity index is 2.16. The summed E-state index contributed by atoms with van der Waals surface area (Å²) in [7, 11) is 0. The largest absolute Gasteiger partial charge is 0.507 e. The fourth-order valence-corrected chi connectivity index (χ4v) is 2.47. The zero-order valence-corrected chi connectivity index (χ0v) is 11.4. The number of carbonyl (C=O) groups is 1. The Kier molecular flexibility index (Phi) is 3.81. The lowest BCUT2D eigenvalue weighted by molar-refractivity contribution is 0.0684. The summed E-state index contributed by atoms with van der Waals surface area (Å²) in [6.45, 7) is 5.24. The van der Waals surface area contributed by atoms with Gasteiger partial charge in [-0.1, -0.05) is 13.0 Å². The molecule has 2 unspecified atom stereocenters. The number of alkyl halides is 1. The fourth-order valence-electron chi connectivity index (χ4n) is 2.29. The van der Waals surface area contributed by atoms with Gasteiger partial charge in [-0.3, -0.25) is 4.79 Å². The minimum absolute atomic E-state index is 0.0562. The Bertz CT molecular complexity index is 461. The maximum atomic E-state index is 12.3. The molecule has 0 aromatic heterocycles. The van der Waals surface area contributed by atoms with Crippen molar-refractivity contribution in [1.82, 2.24) is 4.90 Å². The van der Waals surface area contributed by atoms with E-state index in [0.717, 1.165) is 12.0 Å². The molecule has 98 valence electrons. The minimum Gasteiger partial charge on any atom is -0.507 e. The van der Waals surface area contributed by atoms with Gasteiger partial charge in [-0.05, 0) is 37.0 Å². The topological polar surface area (TPSA) is 40.5 Å². The van der Waals surface area contributed by atoms with Crippen LogP contribution in [0.25, 0.3) is 0 Å². The number of phenols is 1. The molecule has 1 aromatic carbocycles. The van der Waals surface area contributed by atoms with Crippen molar-refractivity contribution in [3.63, 3.8) is 0 Å². The quantitative estimate of drug-likeness (QED) is 0.795. The standard InChI is InChI=1S/C14H18ClNO2/c1-9-3-4-11(13(17)7-9)14(18)16-6-5-12(15)10(2)8-16/h3-4,7,10,12,17H,5-6,8H2,1-2H3. The molecule has 18 heavy (non-hydrogen) atoms. The van der Waals surface area contributed by atoms with E-state index in [1.165, 1.54) is 0 Å². The van der Waals surface area contributed by atoms with Crippen molar-refractivity contribution in [2.24, 2.45) is 5.92 Å². The van der Waals surface area contributed by atoms with Crippen molar-refractivity contribution < 1.29 is 9.90 Å². The molecule has 1 aliphatic heterocycles. The first-order chi connectivity index (χ1) is 8.49. The lowest BCUT2D eigenvalue weighted by Gasteiger charge is -2.34. The second kappa shape index (κ2) is 5.19. The molecule has 1 fully saturated rings. The van der Waals surface area contributed by atoms with Crippen molar-refractivity contribution in [2.45, 2.75) is 25.6 Å². The first-order valence-electron chi connectivity index (χ1n) is 6.22. The van der Waals surface area contributed by atoms with Gasteiger partial charge in [-0.2, -0.15) is 0 Å². The van der Waals surface area contributed by atoms with Crippen LogP contribution in [-0.4, -0.2) is 34.4 Å². The zero-order chi connectivity index (χ0) is 13.3. The lowest BCUT2D eigenvalue weighted by Crippen LogP contribution is -2.43. The van der Waals surface area contributed by atoms with Crippen molar-refractivity contribution in [3.8, 4) is 5.75 Å². The second-order valence-electron chi connectivity index (χ2n) is 5.05. The molecule has 1 amide bonds. The molecule has 2 atom stereocenters. The first-order valence-corrected chi connectivity index (χ1v) is 6.65. The average Bonchev–Trinajstić information content (AvgIpc) is 2.32. The van der Waals surface area contributed by atoms with Gasteiger partial charge < -0.3 is 10.0 Å². The highest BCUT2D eigenvalue weighted by Crippen LogP contribution is 2.26. The van der Waals surface area contributed by atoms with Gasteiger partial charge in [-0.15, -0.1) is 11.6 Å². The van der Waals surface area contributed by atoms with E-state index in [1.807, 2.05) is 19.9 Å². The van der Waals surface area contributed by atoms with E-state index in [0.29, 0.717) is 18.7 Å². The maximum Gasteiger partial charge on any atom is 0.257 e. The molecule has 0 saturated carbocycles. The van der Waals surface area contributed by atoms with E-state index >= 15 is 0 Å². The Morgan fingerprint density at radius 3 is 2.83 bits per heavy atom. The number of halogens is 1. The van der Waals surface area contributed by atoms with Gasteiger partial charge in [0.2, 0.25) is 0 Å². The molecule has 0 spiro atoms. The van der Waals surface area contributed by atoms with Crippen LogP contribution < -0.4 is 0 Å². The lowest BCUT2D eigenvalue weighted by atomic mass is 9.98. The number of likely N-dealkylation sites (tertiary alicyclic amines) is 1. The summed E-state index contributed by atoms with van der Waals surface area (Å²) < 4.78 is 0. The van der Waals surface area contributed by atoms with Gasteiger partial charge in [0.05, 0.1) is 5.56 Å². The van der Waals surface area contributed by atoms with Crippen LogP contribution in [0.4, 0.5) is 0 Å². The Labute approximate surface area is 112 Å². The van der Waals surface area contributed by atoms with Crippen LogP contribution in [0.3, 0.4) is 0 Å². The number of carbonyl (C=O) groups excluding carboxylic acids is 1. The maximum absolute atomic E-state index is 12.3. The monoisotopic (exact) mass is 267 g/mol. The van der Waals surface area contributed by atoms with E-state index in [2.05, 4.69) is 0 Å². The smallest absolute Gasteiger partial charge is 0.257 e. The van der Waals surface area contributed by atoms with Gasteiger partial charge in [0.1, 0.15) is 5.75 Å². The Morgan fingerprint density at radius 2 is 2.22 bits per heavy atom. The minimum atomic E-state index is -0.108. The highest BCUT2D eigenvalue weighted by Gasteiger charge is 2.28. The first kappa shape index (κ1) is 13.2. The van der Waals surface area contributed by atoms with Crippen molar-refractivity contribution >= 4 is 17.5 Å². The van der Waals surface area contributed by atoms with Crippen LogP contribution in [-0.2, 0) is 0 Å². The highest BCUT2D eigenvalue weighted by molar-refractivity contribution is 6.20. The molecule has 1 saturated heterocycles. The molecule has 3 nitrogen and oxygen atoms in total. The van der Waals surface area contributed by atoms with Gasteiger partial charge >= 0.3 is 0 Å². The molecule has 4 heteroatoms. The second-order valence-corrected chi connectivity index (χ2v) is 5.61. The average molecular weight is 268 g/mol. The van der Waals surface area contributed by atoms with Crippen LogP contribution in [0, 0.1) is 12.8 Å². The fraction of sp³-hybridized carbons (Fsp3) is 0.500. The number of hydrogen-bond donors (Lipinski definition) is 1. The summed E-state index contributed by atoms with van der Waals surface area (Å²) in [4.78, 5) is 14.1. The normalized spacial score (nSPS) is 24.1. The van der Waals surface area contributed by atoms with Crippen molar-refractivity contribution in [3.05, 3.63) is 29.3 Å². The number of aryl methyl sites for hydroxylation is 1. The van der Waals surface area contributed by atoms with Crippen LogP contribution in [0.2, 0.25) is 0 Å². The Morgan fingerprint density at radius 1 is 1.50 bits per heavy atom. The molecular formula is C14H18ClNO2. The van der Waals surface area contributed by atoms with Gasteiger partial charge in [0.15, 0.2) is 0 Å². The highest BCUT2D eigenvalue weighted by atomic mass is 35.5. The van der Waals surface area contributed by atoms with E-state index < -0.39 is 0 Å². The van der Waals surface area contributed by atoms with Crippen LogP contribution in [0.15, 0.2) is 18.2 Å². The van der Waals surface area contributed by atoms with Gasteiger partial charge in [-0.25, -0.2) is 0 Å².